The summed E-state index contributed by atoms with van der Waals surface area (Å²) in [5, 5.41) is 8.36. The van der Waals surface area contributed by atoms with Crippen molar-refractivity contribution in [1.29, 1.82) is 0 Å². The second-order valence-corrected chi connectivity index (χ2v) is 4.84. The minimum atomic E-state index is -4.56. The first-order chi connectivity index (χ1) is 9.70. The molecule has 0 amide bonds. The van der Waals surface area contributed by atoms with Crippen LogP contribution in [0.2, 0.25) is 10.0 Å². The molecule has 1 aromatic carbocycles. The minimum Gasteiger partial charge on any atom is -0.476 e. The highest BCUT2D eigenvalue weighted by molar-refractivity contribution is 6.33. The molecule has 0 bridgehead atoms. The van der Waals surface area contributed by atoms with E-state index in [1.807, 2.05) is 0 Å². The molecule has 21 heavy (non-hydrogen) atoms. The number of aromatic carboxylic acids is 1. The van der Waals surface area contributed by atoms with E-state index in [2.05, 4.69) is 4.98 Å². The Hall–Kier alpha value is -1.79. The van der Waals surface area contributed by atoms with Crippen LogP contribution in [0.25, 0.3) is 11.3 Å². The summed E-state index contributed by atoms with van der Waals surface area (Å²) in [6.07, 6.45) is -4.56. The minimum absolute atomic E-state index is 0.0655. The molecule has 0 saturated heterocycles. The van der Waals surface area contributed by atoms with E-state index in [1.54, 1.807) is 0 Å². The zero-order chi connectivity index (χ0) is 15.8. The van der Waals surface area contributed by atoms with Gasteiger partial charge in [0.05, 0.1) is 21.3 Å². The third-order valence-electron chi connectivity index (χ3n) is 2.62. The molecular formula is C13H6Cl2F3NO2. The Kier molecular flexibility index (Phi) is 4.11. The fourth-order valence-corrected chi connectivity index (χ4v) is 2.13. The molecule has 0 aliphatic carbocycles. The van der Waals surface area contributed by atoms with Crippen LogP contribution in [0.4, 0.5) is 13.2 Å². The number of hydrogen-bond donors (Lipinski definition) is 1. The van der Waals surface area contributed by atoms with E-state index in [9.17, 15) is 18.0 Å². The highest BCUT2D eigenvalue weighted by Gasteiger charge is 2.33. The second kappa shape index (κ2) is 5.54. The van der Waals surface area contributed by atoms with Crippen molar-refractivity contribution in [1.82, 2.24) is 4.98 Å². The molecule has 0 spiro atoms. The SMILES string of the molecule is O=C(O)c1nc(-c2ccc(C(F)(F)F)c(Cl)c2)ccc1Cl. The van der Waals surface area contributed by atoms with Gasteiger partial charge >= 0.3 is 12.1 Å². The second-order valence-electron chi connectivity index (χ2n) is 4.02. The highest BCUT2D eigenvalue weighted by atomic mass is 35.5. The molecule has 110 valence electrons. The van der Waals surface area contributed by atoms with E-state index < -0.39 is 22.7 Å². The van der Waals surface area contributed by atoms with Crippen molar-refractivity contribution in [3.63, 3.8) is 0 Å². The van der Waals surface area contributed by atoms with Crippen molar-refractivity contribution >= 4 is 29.2 Å². The van der Waals surface area contributed by atoms with Gasteiger partial charge in [0, 0.05) is 5.56 Å². The summed E-state index contributed by atoms with van der Waals surface area (Å²) in [6.45, 7) is 0. The molecule has 2 aromatic rings. The Labute approximate surface area is 126 Å². The molecule has 1 aromatic heterocycles. The van der Waals surface area contributed by atoms with E-state index in [1.165, 1.54) is 12.1 Å². The third kappa shape index (κ3) is 3.28. The Balaban J connectivity index is 2.51. The fraction of sp³-hybridized carbons (Fsp3) is 0.0769. The number of rotatable bonds is 2. The number of carboxylic acids is 1. The normalized spacial score (nSPS) is 11.5. The van der Waals surface area contributed by atoms with E-state index >= 15 is 0 Å². The smallest absolute Gasteiger partial charge is 0.417 e. The lowest BCUT2D eigenvalue weighted by atomic mass is 10.1. The Morgan fingerprint density at radius 3 is 2.29 bits per heavy atom. The fourth-order valence-electron chi connectivity index (χ4n) is 1.66. The number of hydrogen-bond acceptors (Lipinski definition) is 2. The average Bonchev–Trinajstić information content (AvgIpc) is 2.37. The van der Waals surface area contributed by atoms with Crippen LogP contribution in [-0.4, -0.2) is 16.1 Å². The van der Waals surface area contributed by atoms with Gasteiger partial charge in [-0.1, -0.05) is 29.3 Å². The van der Waals surface area contributed by atoms with E-state index in [4.69, 9.17) is 28.3 Å². The predicted octanol–water partition coefficient (Wildman–Crippen LogP) is 4.77. The average molecular weight is 336 g/mol. The number of benzene rings is 1. The summed E-state index contributed by atoms with van der Waals surface area (Å²) in [6, 6.07) is 5.75. The number of carboxylic acid groups (broad SMARTS) is 1. The van der Waals surface area contributed by atoms with Gasteiger partial charge in [-0.3, -0.25) is 0 Å². The van der Waals surface area contributed by atoms with Crippen molar-refractivity contribution in [2.24, 2.45) is 0 Å². The molecule has 2 rings (SSSR count). The Morgan fingerprint density at radius 2 is 1.76 bits per heavy atom. The molecule has 8 heteroatoms. The van der Waals surface area contributed by atoms with Crippen molar-refractivity contribution in [2.45, 2.75) is 6.18 Å². The monoisotopic (exact) mass is 335 g/mol. The van der Waals surface area contributed by atoms with Crippen LogP contribution in [0.5, 0.6) is 0 Å². The summed E-state index contributed by atoms with van der Waals surface area (Å²) < 4.78 is 37.8. The summed E-state index contributed by atoms with van der Waals surface area (Å²) >= 11 is 11.3. The van der Waals surface area contributed by atoms with Gasteiger partial charge in [-0.15, -0.1) is 0 Å². The molecule has 0 saturated carbocycles. The Bertz CT molecular complexity index is 717. The highest BCUT2D eigenvalue weighted by Crippen LogP contribution is 2.36. The summed E-state index contributed by atoms with van der Waals surface area (Å²) in [7, 11) is 0. The maximum Gasteiger partial charge on any atom is 0.417 e. The molecule has 1 heterocycles. The van der Waals surface area contributed by atoms with Crippen LogP contribution in [0, 0.1) is 0 Å². The van der Waals surface area contributed by atoms with Gasteiger partial charge in [0.25, 0.3) is 0 Å². The largest absolute Gasteiger partial charge is 0.476 e. The van der Waals surface area contributed by atoms with Gasteiger partial charge in [-0.25, -0.2) is 9.78 Å². The molecule has 3 nitrogen and oxygen atoms in total. The number of nitrogens with zero attached hydrogens (tertiary/aromatic N) is 1. The van der Waals surface area contributed by atoms with Gasteiger partial charge in [0.15, 0.2) is 5.69 Å². The molecule has 1 N–H and O–H groups in total. The van der Waals surface area contributed by atoms with Crippen molar-refractivity contribution < 1.29 is 23.1 Å². The summed E-state index contributed by atoms with van der Waals surface area (Å²) in [5.41, 5.74) is -0.940. The number of alkyl halides is 3. The molecular weight excluding hydrogens is 330 g/mol. The van der Waals surface area contributed by atoms with Gasteiger partial charge in [-0.2, -0.15) is 13.2 Å². The summed E-state index contributed by atoms with van der Waals surface area (Å²) in [5.74, 6) is -1.33. The van der Waals surface area contributed by atoms with Gasteiger partial charge in [-0.05, 0) is 24.3 Å². The quantitative estimate of drug-likeness (QED) is 0.859. The lowest BCUT2D eigenvalue weighted by Crippen LogP contribution is -2.06. The van der Waals surface area contributed by atoms with E-state index in [-0.39, 0.29) is 22.0 Å². The first-order valence-electron chi connectivity index (χ1n) is 5.47. The van der Waals surface area contributed by atoms with Crippen molar-refractivity contribution in [3.05, 3.63) is 51.6 Å². The molecule has 0 unspecified atom stereocenters. The molecule has 0 aliphatic rings. The first kappa shape index (κ1) is 15.6. The van der Waals surface area contributed by atoms with Crippen molar-refractivity contribution in [3.8, 4) is 11.3 Å². The topological polar surface area (TPSA) is 50.2 Å². The van der Waals surface area contributed by atoms with Gasteiger partial charge in [0.2, 0.25) is 0 Å². The molecule has 0 atom stereocenters. The zero-order valence-corrected chi connectivity index (χ0v) is 11.6. The number of pyridine rings is 1. The lowest BCUT2D eigenvalue weighted by molar-refractivity contribution is -0.137. The summed E-state index contributed by atoms with van der Waals surface area (Å²) in [4.78, 5) is 14.7. The molecule has 0 aliphatic heterocycles. The van der Waals surface area contributed by atoms with Crippen LogP contribution in [-0.2, 0) is 6.18 Å². The van der Waals surface area contributed by atoms with Crippen molar-refractivity contribution in [2.75, 3.05) is 0 Å². The number of aromatic nitrogens is 1. The number of carbonyl (C=O) groups is 1. The first-order valence-corrected chi connectivity index (χ1v) is 6.22. The van der Waals surface area contributed by atoms with Gasteiger partial charge in [0.1, 0.15) is 0 Å². The molecule has 0 fully saturated rings. The van der Waals surface area contributed by atoms with Gasteiger partial charge < -0.3 is 5.11 Å². The maximum atomic E-state index is 12.6. The van der Waals surface area contributed by atoms with Crippen LogP contribution in [0.1, 0.15) is 16.1 Å². The van der Waals surface area contributed by atoms with E-state index in [0.29, 0.717) is 0 Å². The van der Waals surface area contributed by atoms with Crippen LogP contribution in [0.15, 0.2) is 30.3 Å². The maximum absolute atomic E-state index is 12.6. The van der Waals surface area contributed by atoms with Crippen LogP contribution < -0.4 is 0 Å². The van der Waals surface area contributed by atoms with Crippen LogP contribution >= 0.6 is 23.2 Å². The Morgan fingerprint density at radius 1 is 1.10 bits per heavy atom. The predicted molar refractivity (Wildman–Crippen MR) is 71.7 cm³/mol. The zero-order valence-electron chi connectivity index (χ0n) is 10.1. The lowest BCUT2D eigenvalue weighted by Gasteiger charge is -2.10. The molecule has 0 radical (unpaired) electrons. The standard InChI is InChI=1S/C13H6Cl2F3NO2/c14-8-3-4-10(19-11(8)12(20)21)6-1-2-7(9(15)5-6)13(16,17)18/h1-5H,(H,20,21). The van der Waals surface area contributed by atoms with Crippen LogP contribution in [0.3, 0.4) is 0 Å². The third-order valence-corrected chi connectivity index (χ3v) is 3.24. The number of halogens is 5. The van der Waals surface area contributed by atoms with E-state index in [0.717, 1.165) is 18.2 Å².